The molecule has 1 fully saturated rings. The minimum atomic E-state index is -3.35. The van der Waals surface area contributed by atoms with Crippen molar-refractivity contribution < 1.29 is 17.9 Å². The Morgan fingerprint density at radius 3 is 2.78 bits per heavy atom. The summed E-state index contributed by atoms with van der Waals surface area (Å²) in [6.07, 6.45) is 4.08. The van der Waals surface area contributed by atoms with Gasteiger partial charge in [-0.3, -0.25) is 4.79 Å². The molecule has 2 heterocycles. The van der Waals surface area contributed by atoms with Crippen molar-refractivity contribution in [2.45, 2.75) is 45.4 Å². The summed E-state index contributed by atoms with van der Waals surface area (Å²) in [6, 6.07) is 2.97. The lowest BCUT2D eigenvalue weighted by Crippen LogP contribution is -2.45. The molecule has 1 saturated heterocycles. The first-order valence-electron chi connectivity index (χ1n) is 7.63. The second-order valence-electron chi connectivity index (χ2n) is 5.92. The van der Waals surface area contributed by atoms with Gasteiger partial charge >= 0.3 is 0 Å². The number of aromatic nitrogens is 1. The number of nitrogens with zero attached hydrogens (tertiary/aromatic N) is 2. The molecule has 0 aromatic carbocycles. The van der Waals surface area contributed by atoms with Crippen molar-refractivity contribution in [3.05, 3.63) is 23.9 Å². The fourth-order valence-electron chi connectivity index (χ4n) is 2.53. The highest BCUT2D eigenvalue weighted by Gasteiger charge is 2.36. The smallest absolute Gasteiger partial charge is 0.238 e. The number of rotatable bonds is 6. The molecule has 8 heteroatoms. The van der Waals surface area contributed by atoms with E-state index in [2.05, 4.69) is 10.3 Å². The van der Waals surface area contributed by atoms with Crippen LogP contribution in [0.15, 0.2) is 18.3 Å². The molecule has 2 rings (SSSR count). The van der Waals surface area contributed by atoms with Crippen molar-refractivity contribution in [3.8, 4) is 5.88 Å². The zero-order chi connectivity index (χ0) is 17.0. The SMILES string of the molecule is CC(C)Oc1ccc(CNC(=O)[C@H]2CCCN2S(C)(=O)=O)cn1. The molecule has 1 atom stereocenters. The first kappa shape index (κ1) is 17.7. The van der Waals surface area contributed by atoms with Crippen LogP contribution in [0.4, 0.5) is 0 Å². The highest BCUT2D eigenvalue weighted by molar-refractivity contribution is 7.88. The molecule has 1 aromatic heterocycles. The van der Waals surface area contributed by atoms with Gasteiger partial charge < -0.3 is 10.1 Å². The maximum Gasteiger partial charge on any atom is 0.238 e. The summed E-state index contributed by atoms with van der Waals surface area (Å²) in [5, 5.41) is 2.78. The Labute approximate surface area is 137 Å². The summed E-state index contributed by atoms with van der Waals surface area (Å²) < 4.78 is 30.1. The monoisotopic (exact) mass is 341 g/mol. The van der Waals surface area contributed by atoms with Crippen LogP contribution in [-0.2, 0) is 21.4 Å². The Morgan fingerprint density at radius 1 is 1.48 bits per heavy atom. The van der Waals surface area contributed by atoms with Crippen molar-refractivity contribution in [2.75, 3.05) is 12.8 Å². The lowest BCUT2D eigenvalue weighted by atomic mass is 10.2. The van der Waals surface area contributed by atoms with Gasteiger partial charge in [0.1, 0.15) is 6.04 Å². The van der Waals surface area contributed by atoms with E-state index in [-0.39, 0.29) is 12.0 Å². The largest absolute Gasteiger partial charge is 0.475 e. The minimum Gasteiger partial charge on any atom is -0.475 e. The number of carbonyl (C=O) groups excluding carboxylic acids is 1. The second-order valence-corrected chi connectivity index (χ2v) is 7.86. The van der Waals surface area contributed by atoms with Gasteiger partial charge in [0, 0.05) is 25.4 Å². The number of sulfonamides is 1. The topological polar surface area (TPSA) is 88.6 Å². The molecule has 0 saturated carbocycles. The summed E-state index contributed by atoms with van der Waals surface area (Å²) in [7, 11) is -3.35. The number of carbonyl (C=O) groups is 1. The molecule has 128 valence electrons. The van der Waals surface area contributed by atoms with Gasteiger partial charge in [0.25, 0.3) is 0 Å². The van der Waals surface area contributed by atoms with Gasteiger partial charge in [0.2, 0.25) is 21.8 Å². The first-order valence-corrected chi connectivity index (χ1v) is 9.48. The predicted molar refractivity (Wildman–Crippen MR) is 86.4 cm³/mol. The summed E-state index contributed by atoms with van der Waals surface area (Å²) in [5.41, 5.74) is 0.832. The van der Waals surface area contributed by atoms with E-state index in [9.17, 15) is 13.2 Å². The van der Waals surface area contributed by atoms with Crippen molar-refractivity contribution >= 4 is 15.9 Å². The Balaban J connectivity index is 1.91. The highest BCUT2D eigenvalue weighted by Crippen LogP contribution is 2.20. The number of amides is 1. The van der Waals surface area contributed by atoms with Crippen molar-refractivity contribution in [1.29, 1.82) is 0 Å². The third-order valence-electron chi connectivity index (χ3n) is 3.55. The van der Waals surface area contributed by atoms with E-state index in [4.69, 9.17) is 4.74 Å². The van der Waals surface area contributed by atoms with E-state index in [1.54, 1.807) is 12.3 Å². The zero-order valence-corrected chi connectivity index (χ0v) is 14.5. The minimum absolute atomic E-state index is 0.0531. The molecule has 0 unspecified atom stereocenters. The molecule has 1 aliphatic rings. The van der Waals surface area contributed by atoms with Crippen molar-refractivity contribution in [1.82, 2.24) is 14.6 Å². The van der Waals surface area contributed by atoms with Gasteiger partial charge in [0.15, 0.2) is 0 Å². The Hall–Kier alpha value is -1.67. The van der Waals surface area contributed by atoms with Crippen molar-refractivity contribution in [2.24, 2.45) is 0 Å². The standard InChI is InChI=1S/C15H23N3O4S/c1-11(2)22-14-7-6-12(9-16-14)10-17-15(19)13-5-4-8-18(13)23(3,20)21/h6-7,9,11,13H,4-5,8,10H2,1-3H3,(H,17,19)/t13-/m1/s1. The molecular weight excluding hydrogens is 318 g/mol. The molecular formula is C15H23N3O4S. The predicted octanol–water partition coefficient (Wildman–Crippen LogP) is 0.909. The van der Waals surface area contributed by atoms with Crippen LogP contribution in [0.2, 0.25) is 0 Å². The molecule has 7 nitrogen and oxygen atoms in total. The number of hydrogen-bond donors (Lipinski definition) is 1. The van der Waals surface area contributed by atoms with Gasteiger partial charge in [-0.15, -0.1) is 0 Å². The molecule has 0 aliphatic carbocycles. The van der Waals surface area contributed by atoms with E-state index in [0.29, 0.717) is 31.8 Å². The highest BCUT2D eigenvalue weighted by atomic mass is 32.2. The average Bonchev–Trinajstić information content (AvgIpc) is 2.95. The molecule has 0 radical (unpaired) electrons. The molecule has 0 spiro atoms. The van der Waals surface area contributed by atoms with Gasteiger partial charge in [-0.25, -0.2) is 13.4 Å². The van der Waals surface area contributed by atoms with E-state index >= 15 is 0 Å². The molecule has 1 aromatic rings. The molecule has 0 bridgehead atoms. The van der Waals surface area contributed by atoms with E-state index in [0.717, 1.165) is 11.8 Å². The quantitative estimate of drug-likeness (QED) is 0.831. The van der Waals surface area contributed by atoms with Crippen LogP contribution in [0.1, 0.15) is 32.3 Å². The maximum atomic E-state index is 12.2. The normalized spacial score (nSPS) is 19.0. The van der Waals surface area contributed by atoms with Crippen LogP contribution in [0.5, 0.6) is 5.88 Å². The molecule has 1 amide bonds. The third-order valence-corrected chi connectivity index (χ3v) is 4.84. The van der Waals surface area contributed by atoms with Crippen LogP contribution in [-0.4, -0.2) is 48.6 Å². The van der Waals surface area contributed by atoms with Crippen LogP contribution in [0, 0.1) is 0 Å². The number of hydrogen-bond acceptors (Lipinski definition) is 5. The summed E-state index contributed by atoms with van der Waals surface area (Å²) in [5.74, 6) is 0.268. The fraction of sp³-hybridized carbons (Fsp3) is 0.600. The lowest BCUT2D eigenvalue weighted by Gasteiger charge is -2.21. The maximum absolute atomic E-state index is 12.2. The lowest BCUT2D eigenvalue weighted by molar-refractivity contribution is -0.124. The van der Waals surface area contributed by atoms with Gasteiger partial charge in [0.05, 0.1) is 12.4 Å². The van der Waals surface area contributed by atoms with Crippen molar-refractivity contribution in [3.63, 3.8) is 0 Å². The number of ether oxygens (including phenoxy) is 1. The summed E-state index contributed by atoms with van der Waals surface area (Å²) in [4.78, 5) is 16.4. The fourth-order valence-corrected chi connectivity index (χ4v) is 3.66. The van der Waals surface area contributed by atoms with E-state index in [1.807, 2.05) is 19.9 Å². The van der Waals surface area contributed by atoms with Gasteiger partial charge in [-0.2, -0.15) is 4.31 Å². The van der Waals surface area contributed by atoms with Crippen LogP contribution >= 0.6 is 0 Å². The summed E-state index contributed by atoms with van der Waals surface area (Å²) >= 11 is 0. The van der Waals surface area contributed by atoms with E-state index in [1.165, 1.54) is 4.31 Å². The summed E-state index contributed by atoms with van der Waals surface area (Å²) in [6.45, 7) is 4.55. The van der Waals surface area contributed by atoms with Gasteiger partial charge in [-0.1, -0.05) is 6.07 Å². The second kappa shape index (κ2) is 7.27. The van der Waals surface area contributed by atoms with Gasteiger partial charge in [-0.05, 0) is 32.3 Å². The Kier molecular flexibility index (Phi) is 5.59. The van der Waals surface area contributed by atoms with E-state index < -0.39 is 16.1 Å². The molecule has 1 aliphatic heterocycles. The molecule has 23 heavy (non-hydrogen) atoms. The Morgan fingerprint density at radius 2 is 2.22 bits per heavy atom. The first-order chi connectivity index (χ1) is 10.8. The molecule has 1 N–H and O–H groups in total. The number of nitrogens with one attached hydrogen (secondary N) is 1. The van der Waals surface area contributed by atoms with Crippen LogP contribution < -0.4 is 10.1 Å². The Bertz CT molecular complexity index is 643. The van der Waals surface area contributed by atoms with Crippen LogP contribution in [0.3, 0.4) is 0 Å². The number of pyridine rings is 1. The zero-order valence-electron chi connectivity index (χ0n) is 13.7. The average molecular weight is 341 g/mol. The third kappa shape index (κ3) is 4.90. The van der Waals surface area contributed by atoms with Crippen LogP contribution in [0.25, 0.3) is 0 Å².